The van der Waals surface area contributed by atoms with Crippen molar-refractivity contribution >= 4 is 5.97 Å². The molecule has 0 aromatic carbocycles. The number of methoxy groups -OCH3 is 1. The predicted octanol–water partition coefficient (Wildman–Crippen LogP) is 1.37. The smallest absolute Gasteiger partial charge is 0.328 e. The van der Waals surface area contributed by atoms with Gasteiger partial charge in [0.15, 0.2) is 0 Å². The van der Waals surface area contributed by atoms with Gasteiger partial charge in [-0.25, -0.2) is 4.79 Å². The van der Waals surface area contributed by atoms with Gasteiger partial charge in [-0.05, 0) is 19.4 Å². The molecule has 0 radical (unpaired) electrons. The van der Waals surface area contributed by atoms with Gasteiger partial charge < -0.3 is 10.1 Å². The SMILES string of the molecule is C/C=C1/CC(C(=O)OC)N/C1=C/C. The van der Waals surface area contributed by atoms with Crippen LogP contribution in [-0.4, -0.2) is 19.1 Å². The van der Waals surface area contributed by atoms with E-state index in [1.807, 2.05) is 26.0 Å². The molecule has 0 aliphatic carbocycles. The second kappa shape index (κ2) is 4.12. The van der Waals surface area contributed by atoms with Gasteiger partial charge >= 0.3 is 5.97 Å². The molecule has 3 heteroatoms. The van der Waals surface area contributed by atoms with Crippen molar-refractivity contribution < 1.29 is 9.53 Å². The average molecular weight is 181 g/mol. The zero-order valence-electron chi connectivity index (χ0n) is 8.26. The van der Waals surface area contributed by atoms with Crippen molar-refractivity contribution in [1.29, 1.82) is 0 Å². The molecule has 0 amide bonds. The van der Waals surface area contributed by atoms with Gasteiger partial charge in [-0.2, -0.15) is 0 Å². The van der Waals surface area contributed by atoms with E-state index < -0.39 is 0 Å². The standard InChI is InChI=1S/C10H15NO2/c1-4-7-6-9(10(12)13-3)11-8(7)5-2/h4-5,9,11H,6H2,1-3H3/b7-4-,8-5+. The molecular formula is C10H15NO2. The summed E-state index contributed by atoms with van der Waals surface area (Å²) in [6, 6.07) is -0.206. The van der Waals surface area contributed by atoms with Crippen LogP contribution in [-0.2, 0) is 9.53 Å². The molecule has 1 atom stereocenters. The van der Waals surface area contributed by atoms with Crippen molar-refractivity contribution in [3.8, 4) is 0 Å². The Morgan fingerprint density at radius 1 is 1.54 bits per heavy atom. The highest BCUT2D eigenvalue weighted by molar-refractivity contribution is 5.78. The quantitative estimate of drug-likeness (QED) is 0.621. The molecule has 1 aliphatic heterocycles. The van der Waals surface area contributed by atoms with Crippen LogP contribution in [0.3, 0.4) is 0 Å². The third kappa shape index (κ3) is 1.91. The first kappa shape index (κ1) is 9.84. The maximum atomic E-state index is 11.2. The van der Waals surface area contributed by atoms with Gasteiger partial charge in [0.2, 0.25) is 0 Å². The molecule has 0 bridgehead atoms. The van der Waals surface area contributed by atoms with Crippen LogP contribution < -0.4 is 5.32 Å². The molecule has 0 aromatic rings. The van der Waals surface area contributed by atoms with Crippen molar-refractivity contribution in [1.82, 2.24) is 5.32 Å². The second-order valence-electron chi connectivity index (χ2n) is 2.94. The summed E-state index contributed by atoms with van der Waals surface area (Å²) in [6.07, 6.45) is 4.71. The summed E-state index contributed by atoms with van der Waals surface area (Å²) in [5, 5.41) is 3.11. The van der Waals surface area contributed by atoms with Gasteiger partial charge in [-0.15, -0.1) is 0 Å². The van der Waals surface area contributed by atoms with Crippen LogP contribution >= 0.6 is 0 Å². The van der Waals surface area contributed by atoms with Crippen molar-refractivity contribution in [3.63, 3.8) is 0 Å². The average Bonchev–Trinajstić information content (AvgIpc) is 2.59. The highest BCUT2D eigenvalue weighted by Crippen LogP contribution is 2.22. The third-order valence-corrected chi connectivity index (χ3v) is 2.22. The summed E-state index contributed by atoms with van der Waals surface area (Å²) >= 11 is 0. The monoisotopic (exact) mass is 181 g/mol. The van der Waals surface area contributed by atoms with Gasteiger partial charge in [0.1, 0.15) is 6.04 Å². The molecule has 0 saturated carbocycles. The maximum Gasteiger partial charge on any atom is 0.328 e. The van der Waals surface area contributed by atoms with Crippen LogP contribution in [0, 0.1) is 0 Å². The summed E-state index contributed by atoms with van der Waals surface area (Å²) < 4.78 is 4.66. The summed E-state index contributed by atoms with van der Waals surface area (Å²) in [5.74, 6) is -0.198. The normalized spacial score (nSPS) is 27.8. The fraction of sp³-hybridized carbons (Fsp3) is 0.500. The second-order valence-corrected chi connectivity index (χ2v) is 2.94. The summed E-state index contributed by atoms with van der Waals surface area (Å²) in [4.78, 5) is 11.2. The van der Waals surface area contributed by atoms with E-state index in [0.29, 0.717) is 0 Å². The molecule has 72 valence electrons. The Hall–Kier alpha value is -1.25. The van der Waals surface area contributed by atoms with Crippen molar-refractivity contribution in [3.05, 3.63) is 23.4 Å². The number of esters is 1. The van der Waals surface area contributed by atoms with Crippen molar-refractivity contribution in [2.24, 2.45) is 0 Å². The number of ether oxygens (including phenoxy) is 1. The lowest BCUT2D eigenvalue weighted by Gasteiger charge is -2.06. The van der Waals surface area contributed by atoms with Crippen LogP contribution in [0.15, 0.2) is 23.4 Å². The summed E-state index contributed by atoms with van der Waals surface area (Å²) in [6.45, 7) is 3.92. The number of carbonyl (C=O) groups is 1. The largest absolute Gasteiger partial charge is 0.467 e. The molecule has 13 heavy (non-hydrogen) atoms. The minimum atomic E-state index is -0.206. The molecule has 1 rings (SSSR count). The van der Waals surface area contributed by atoms with E-state index in [2.05, 4.69) is 10.1 Å². The van der Waals surface area contributed by atoms with Crippen LogP contribution in [0.1, 0.15) is 20.3 Å². The lowest BCUT2D eigenvalue weighted by atomic mass is 10.1. The number of hydrogen-bond acceptors (Lipinski definition) is 3. The Morgan fingerprint density at radius 2 is 2.23 bits per heavy atom. The van der Waals surface area contributed by atoms with E-state index >= 15 is 0 Å². The van der Waals surface area contributed by atoms with Crippen LogP contribution in [0.4, 0.5) is 0 Å². The van der Waals surface area contributed by atoms with E-state index in [4.69, 9.17) is 0 Å². The molecule has 1 unspecified atom stereocenters. The maximum absolute atomic E-state index is 11.2. The molecule has 1 aliphatic rings. The Kier molecular flexibility index (Phi) is 3.12. The van der Waals surface area contributed by atoms with Crippen LogP contribution in [0.25, 0.3) is 0 Å². The summed E-state index contributed by atoms with van der Waals surface area (Å²) in [5.41, 5.74) is 2.22. The zero-order valence-corrected chi connectivity index (χ0v) is 8.26. The molecule has 3 nitrogen and oxygen atoms in total. The first-order valence-corrected chi connectivity index (χ1v) is 4.39. The molecule has 0 spiro atoms. The highest BCUT2D eigenvalue weighted by atomic mass is 16.5. The molecule has 1 saturated heterocycles. The molecular weight excluding hydrogens is 166 g/mol. The molecule has 1 fully saturated rings. The van der Waals surface area contributed by atoms with Gasteiger partial charge in [0, 0.05) is 12.1 Å². The first-order chi connectivity index (χ1) is 6.22. The molecule has 1 heterocycles. The zero-order chi connectivity index (χ0) is 9.84. The minimum absolute atomic E-state index is 0.198. The fourth-order valence-corrected chi connectivity index (χ4v) is 1.49. The number of nitrogens with one attached hydrogen (secondary N) is 1. The van der Waals surface area contributed by atoms with Crippen molar-refractivity contribution in [2.75, 3.05) is 7.11 Å². The number of carbonyl (C=O) groups excluding carboxylic acids is 1. The van der Waals surface area contributed by atoms with E-state index in [1.54, 1.807) is 0 Å². The topological polar surface area (TPSA) is 38.3 Å². The van der Waals surface area contributed by atoms with E-state index in [9.17, 15) is 4.79 Å². The highest BCUT2D eigenvalue weighted by Gasteiger charge is 2.28. The Morgan fingerprint density at radius 3 is 2.62 bits per heavy atom. The lowest BCUT2D eigenvalue weighted by Crippen LogP contribution is -2.30. The molecule has 1 N–H and O–H groups in total. The van der Waals surface area contributed by atoms with Gasteiger partial charge in [0.25, 0.3) is 0 Å². The number of hydrogen-bond donors (Lipinski definition) is 1. The number of allylic oxidation sites excluding steroid dienone is 3. The Balaban J connectivity index is 2.75. The van der Waals surface area contributed by atoms with Crippen LogP contribution in [0.5, 0.6) is 0 Å². The van der Waals surface area contributed by atoms with Crippen molar-refractivity contribution in [2.45, 2.75) is 26.3 Å². The van der Waals surface area contributed by atoms with Gasteiger partial charge in [0.05, 0.1) is 7.11 Å². The predicted molar refractivity (Wildman–Crippen MR) is 51.1 cm³/mol. The lowest BCUT2D eigenvalue weighted by molar-refractivity contribution is -0.142. The third-order valence-electron chi connectivity index (χ3n) is 2.22. The van der Waals surface area contributed by atoms with Gasteiger partial charge in [-0.3, -0.25) is 0 Å². The molecule has 0 aromatic heterocycles. The fourth-order valence-electron chi connectivity index (χ4n) is 1.49. The van der Waals surface area contributed by atoms with Gasteiger partial charge in [-0.1, -0.05) is 12.2 Å². The first-order valence-electron chi connectivity index (χ1n) is 4.39. The van der Waals surface area contributed by atoms with Crippen LogP contribution in [0.2, 0.25) is 0 Å². The van der Waals surface area contributed by atoms with E-state index in [0.717, 1.165) is 12.1 Å². The van der Waals surface area contributed by atoms with E-state index in [-0.39, 0.29) is 12.0 Å². The Bertz CT molecular complexity index is 246. The minimum Gasteiger partial charge on any atom is -0.467 e. The summed E-state index contributed by atoms with van der Waals surface area (Å²) in [7, 11) is 1.41. The number of rotatable bonds is 1. The van der Waals surface area contributed by atoms with E-state index in [1.165, 1.54) is 12.7 Å². The Labute approximate surface area is 78.5 Å².